The molecule has 32 heavy (non-hydrogen) atoms. The van der Waals surface area contributed by atoms with E-state index in [1.807, 2.05) is 21.0 Å². The number of aryl methyl sites for hydroxylation is 1. The fourth-order valence-electron chi connectivity index (χ4n) is 3.73. The molecule has 0 aliphatic carbocycles. The van der Waals surface area contributed by atoms with Crippen LogP contribution in [0.2, 0.25) is 0 Å². The van der Waals surface area contributed by atoms with E-state index in [9.17, 15) is 18.3 Å². The summed E-state index contributed by atoms with van der Waals surface area (Å²) >= 11 is 0. The Kier molecular flexibility index (Phi) is 8.14. The molecule has 0 aliphatic heterocycles. The second-order valence-electron chi connectivity index (χ2n) is 8.70. The van der Waals surface area contributed by atoms with Gasteiger partial charge in [-0.3, -0.25) is 4.72 Å². The molecule has 2 rings (SSSR count). The van der Waals surface area contributed by atoms with E-state index in [-0.39, 0.29) is 27.3 Å². The normalized spacial score (nSPS) is 12.0. The van der Waals surface area contributed by atoms with Crippen LogP contribution in [0.5, 0.6) is 5.75 Å². The maximum atomic E-state index is 13.3. The van der Waals surface area contributed by atoms with Crippen molar-refractivity contribution in [1.29, 1.82) is 0 Å². The number of carbonyl (C=O) groups is 1. The van der Waals surface area contributed by atoms with Crippen molar-refractivity contribution in [3.8, 4) is 5.75 Å². The van der Waals surface area contributed by atoms with Crippen LogP contribution >= 0.6 is 0 Å². The van der Waals surface area contributed by atoms with Gasteiger partial charge in [-0.2, -0.15) is 0 Å². The lowest BCUT2D eigenvalue weighted by Crippen LogP contribution is -2.34. The highest BCUT2D eigenvalue weighted by Gasteiger charge is 2.26. The molecule has 0 fully saturated rings. The maximum absolute atomic E-state index is 13.3. The third-order valence-corrected chi connectivity index (χ3v) is 6.38. The Morgan fingerprint density at radius 3 is 2.34 bits per heavy atom. The van der Waals surface area contributed by atoms with Gasteiger partial charge in [0.25, 0.3) is 10.0 Å². The summed E-state index contributed by atoms with van der Waals surface area (Å²) in [5.74, 6) is -1.12. The van der Waals surface area contributed by atoms with Crippen molar-refractivity contribution in [3.05, 3.63) is 47.5 Å². The molecule has 0 saturated carbocycles. The predicted molar refractivity (Wildman–Crippen MR) is 127 cm³/mol. The molecule has 0 aliphatic rings. The van der Waals surface area contributed by atoms with Gasteiger partial charge in [-0.15, -0.1) is 0 Å². The van der Waals surface area contributed by atoms with Crippen LogP contribution in [-0.4, -0.2) is 58.7 Å². The van der Waals surface area contributed by atoms with E-state index in [1.54, 1.807) is 24.3 Å². The SMILES string of the molecule is CCc1ccc(NS(=O)(=O)c2ccccc2NCC(C)(C)CN(C)C)c(C(=O)O)c1OC. The molecule has 0 atom stereocenters. The molecule has 0 unspecified atom stereocenters. The number of para-hydroxylation sites is 1. The molecule has 0 heterocycles. The minimum Gasteiger partial charge on any atom is -0.495 e. The summed E-state index contributed by atoms with van der Waals surface area (Å²) < 4.78 is 34.3. The largest absolute Gasteiger partial charge is 0.495 e. The summed E-state index contributed by atoms with van der Waals surface area (Å²) in [5.41, 5.74) is 0.759. The molecule has 2 aromatic rings. The van der Waals surface area contributed by atoms with Gasteiger partial charge in [0, 0.05) is 13.1 Å². The van der Waals surface area contributed by atoms with E-state index in [1.165, 1.54) is 19.2 Å². The Morgan fingerprint density at radius 2 is 1.78 bits per heavy atom. The molecular formula is C23H33N3O5S. The Labute approximate surface area is 190 Å². The van der Waals surface area contributed by atoms with Crippen molar-refractivity contribution in [2.75, 3.05) is 44.3 Å². The molecule has 0 saturated heterocycles. The Balaban J connectivity index is 2.42. The third-order valence-electron chi connectivity index (χ3n) is 4.96. The Hall–Kier alpha value is -2.78. The van der Waals surface area contributed by atoms with Crippen molar-refractivity contribution in [1.82, 2.24) is 4.90 Å². The van der Waals surface area contributed by atoms with Crippen LogP contribution in [0.15, 0.2) is 41.3 Å². The lowest BCUT2D eigenvalue weighted by molar-refractivity contribution is 0.0694. The Bertz CT molecular complexity index is 1070. The number of carboxylic acids is 1. The minimum atomic E-state index is -4.08. The molecule has 0 amide bonds. The standard InChI is InChI=1S/C23H33N3O5S/c1-7-16-12-13-18(20(22(27)28)21(16)31-6)25-32(29,30)19-11-9-8-10-17(19)24-14-23(2,3)15-26(4)5/h8-13,24-25H,7,14-15H2,1-6H3,(H,27,28). The van der Waals surface area contributed by atoms with Crippen LogP contribution in [0.1, 0.15) is 36.7 Å². The number of sulfonamides is 1. The number of hydrogen-bond donors (Lipinski definition) is 3. The fraction of sp³-hybridized carbons (Fsp3) is 0.435. The summed E-state index contributed by atoms with van der Waals surface area (Å²) in [6.07, 6.45) is 0.548. The van der Waals surface area contributed by atoms with Crippen LogP contribution in [0.25, 0.3) is 0 Å². The van der Waals surface area contributed by atoms with Gasteiger partial charge in [-0.05, 0) is 49.7 Å². The monoisotopic (exact) mass is 463 g/mol. The molecule has 0 bridgehead atoms. The van der Waals surface area contributed by atoms with Crippen molar-refractivity contribution < 1.29 is 23.1 Å². The smallest absolute Gasteiger partial charge is 0.341 e. The van der Waals surface area contributed by atoms with Gasteiger partial charge in [-0.25, -0.2) is 13.2 Å². The first-order valence-electron chi connectivity index (χ1n) is 10.4. The summed E-state index contributed by atoms with van der Waals surface area (Å²) in [5, 5.41) is 13.0. The molecule has 8 nitrogen and oxygen atoms in total. The van der Waals surface area contributed by atoms with E-state index in [0.29, 0.717) is 24.2 Å². The molecule has 2 aromatic carbocycles. The minimum absolute atomic E-state index is 0.0375. The van der Waals surface area contributed by atoms with Crippen LogP contribution in [-0.2, 0) is 16.4 Å². The summed E-state index contributed by atoms with van der Waals surface area (Å²) in [4.78, 5) is 14.0. The van der Waals surface area contributed by atoms with Gasteiger partial charge in [0.1, 0.15) is 16.2 Å². The van der Waals surface area contributed by atoms with Crippen molar-refractivity contribution in [2.24, 2.45) is 5.41 Å². The number of rotatable bonds is 11. The predicted octanol–water partition coefficient (Wildman–Crippen LogP) is 3.76. The second kappa shape index (κ2) is 10.2. The number of nitrogens with zero attached hydrogens (tertiary/aromatic N) is 1. The molecule has 176 valence electrons. The quantitative estimate of drug-likeness (QED) is 0.466. The van der Waals surface area contributed by atoms with E-state index < -0.39 is 16.0 Å². The molecule has 3 N–H and O–H groups in total. The lowest BCUT2D eigenvalue weighted by atomic mass is 9.93. The van der Waals surface area contributed by atoms with E-state index >= 15 is 0 Å². The molecule has 0 aromatic heterocycles. The number of benzene rings is 2. The topological polar surface area (TPSA) is 108 Å². The van der Waals surface area contributed by atoms with E-state index in [0.717, 1.165) is 6.54 Å². The first-order chi connectivity index (χ1) is 14.9. The number of aromatic carboxylic acids is 1. The summed E-state index contributed by atoms with van der Waals surface area (Å²) in [6.45, 7) is 7.43. The van der Waals surface area contributed by atoms with Gasteiger partial charge in [0.15, 0.2) is 0 Å². The van der Waals surface area contributed by atoms with E-state index in [4.69, 9.17) is 4.74 Å². The van der Waals surface area contributed by atoms with Crippen LogP contribution < -0.4 is 14.8 Å². The molecule has 9 heteroatoms. The van der Waals surface area contributed by atoms with Crippen LogP contribution in [0.3, 0.4) is 0 Å². The zero-order chi connectivity index (χ0) is 24.1. The number of carboxylic acid groups (broad SMARTS) is 1. The molecule has 0 radical (unpaired) electrons. The zero-order valence-corrected chi connectivity index (χ0v) is 20.3. The Morgan fingerprint density at radius 1 is 1.12 bits per heavy atom. The number of methoxy groups -OCH3 is 1. The van der Waals surface area contributed by atoms with Gasteiger partial charge in [0.2, 0.25) is 0 Å². The second-order valence-corrected chi connectivity index (χ2v) is 10.3. The van der Waals surface area contributed by atoms with Crippen LogP contribution in [0.4, 0.5) is 11.4 Å². The first kappa shape index (κ1) is 25.5. The number of hydrogen-bond acceptors (Lipinski definition) is 6. The molecular weight excluding hydrogens is 430 g/mol. The number of anilines is 2. The van der Waals surface area contributed by atoms with E-state index in [2.05, 4.69) is 28.8 Å². The van der Waals surface area contributed by atoms with Crippen molar-refractivity contribution >= 4 is 27.4 Å². The van der Waals surface area contributed by atoms with Gasteiger partial charge in [-0.1, -0.05) is 39.0 Å². The average Bonchev–Trinajstić information content (AvgIpc) is 2.70. The highest BCUT2D eigenvalue weighted by atomic mass is 32.2. The van der Waals surface area contributed by atoms with Crippen molar-refractivity contribution in [3.63, 3.8) is 0 Å². The highest BCUT2D eigenvalue weighted by molar-refractivity contribution is 7.92. The van der Waals surface area contributed by atoms with Gasteiger partial charge >= 0.3 is 5.97 Å². The average molecular weight is 464 g/mol. The molecule has 0 spiro atoms. The maximum Gasteiger partial charge on any atom is 0.341 e. The van der Waals surface area contributed by atoms with Gasteiger partial charge < -0.3 is 20.1 Å². The zero-order valence-electron chi connectivity index (χ0n) is 19.5. The number of ether oxygens (including phenoxy) is 1. The number of nitrogens with one attached hydrogen (secondary N) is 2. The third kappa shape index (κ3) is 6.14. The van der Waals surface area contributed by atoms with Crippen molar-refractivity contribution in [2.45, 2.75) is 32.1 Å². The van der Waals surface area contributed by atoms with Crippen LogP contribution in [0, 0.1) is 5.41 Å². The fourth-order valence-corrected chi connectivity index (χ4v) is 4.98. The van der Waals surface area contributed by atoms with Gasteiger partial charge in [0.05, 0.1) is 18.5 Å². The summed E-state index contributed by atoms with van der Waals surface area (Å²) in [7, 11) is 1.27. The summed E-state index contributed by atoms with van der Waals surface area (Å²) in [6, 6.07) is 9.68. The highest BCUT2D eigenvalue weighted by Crippen LogP contribution is 2.33. The lowest BCUT2D eigenvalue weighted by Gasteiger charge is -2.29. The first-order valence-corrected chi connectivity index (χ1v) is 11.8.